The summed E-state index contributed by atoms with van der Waals surface area (Å²) in [4.78, 5) is 14.1. The molecule has 0 N–H and O–H groups in total. The standard InChI is InChI=1S/C19H17NO3/c1-20(14-18-11-6-12-22-18)19(21)15-7-5-10-17(13-15)23-16-8-3-2-4-9-16/h2-13H,14H2,1H3. The molecule has 0 saturated heterocycles. The van der Waals surface area contributed by atoms with Crippen LogP contribution in [0, 0.1) is 0 Å². The Morgan fingerprint density at radius 3 is 2.52 bits per heavy atom. The van der Waals surface area contributed by atoms with Gasteiger partial charge in [-0.25, -0.2) is 0 Å². The van der Waals surface area contributed by atoms with Crippen LogP contribution in [0.4, 0.5) is 0 Å². The molecule has 23 heavy (non-hydrogen) atoms. The summed E-state index contributed by atoms with van der Waals surface area (Å²) < 4.78 is 11.0. The van der Waals surface area contributed by atoms with E-state index in [2.05, 4.69) is 0 Å². The third-order valence-corrected chi connectivity index (χ3v) is 3.38. The summed E-state index contributed by atoms with van der Waals surface area (Å²) in [5.41, 5.74) is 0.576. The van der Waals surface area contributed by atoms with Crippen LogP contribution in [-0.2, 0) is 6.54 Å². The molecule has 0 atom stereocenters. The lowest BCUT2D eigenvalue weighted by Gasteiger charge is -2.16. The van der Waals surface area contributed by atoms with E-state index in [9.17, 15) is 4.79 Å². The highest BCUT2D eigenvalue weighted by atomic mass is 16.5. The van der Waals surface area contributed by atoms with Crippen molar-refractivity contribution in [2.45, 2.75) is 6.54 Å². The predicted molar refractivity (Wildman–Crippen MR) is 87.5 cm³/mol. The minimum absolute atomic E-state index is 0.0834. The molecule has 3 aromatic rings. The third kappa shape index (κ3) is 3.80. The molecule has 2 aromatic carbocycles. The summed E-state index contributed by atoms with van der Waals surface area (Å²) in [5, 5.41) is 0. The molecular formula is C19H17NO3. The average molecular weight is 307 g/mol. The molecule has 0 unspecified atom stereocenters. The maximum Gasteiger partial charge on any atom is 0.254 e. The normalized spacial score (nSPS) is 10.3. The number of hydrogen-bond acceptors (Lipinski definition) is 3. The van der Waals surface area contributed by atoms with Crippen LogP contribution >= 0.6 is 0 Å². The van der Waals surface area contributed by atoms with E-state index in [0.29, 0.717) is 17.9 Å². The van der Waals surface area contributed by atoms with Crippen molar-refractivity contribution in [3.05, 3.63) is 84.3 Å². The third-order valence-electron chi connectivity index (χ3n) is 3.38. The highest BCUT2D eigenvalue weighted by Crippen LogP contribution is 2.22. The number of ether oxygens (including phenoxy) is 1. The number of hydrogen-bond donors (Lipinski definition) is 0. The van der Waals surface area contributed by atoms with E-state index in [1.807, 2.05) is 54.6 Å². The Labute approximate surface area is 134 Å². The van der Waals surface area contributed by atoms with E-state index in [0.717, 1.165) is 11.5 Å². The molecule has 1 heterocycles. The van der Waals surface area contributed by atoms with Crippen LogP contribution in [0.1, 0.15) is 16.1 Å². The Hall–Kier alpha value is -3.01. The monoisotopic (exact) mass is 307 g/mol. The van der Waals surface area contributed by atoms with Crippen molar-refractivity contribution in [1.82, 2.24) is 4.90 Å². The summed E-state index contributed by atoms with van der Waals surface area (Å²) in [7, 11) is 1.75. The Balaban J connectivity index is 1.72. The zero-order valence-corrected chi connectivity index (χ0v) is 12.8. The van der Waals surface area contributed by atoms with Crippen LogP contribution in [0.25, 0.3) is 0 Å². The molecule has 4 nitrogen and oxygen atoms in total. The van der Waals surface area contributed by atoms with Gasteiger partial charge in [-0.3, -0.25) is 4.79 Å². The lowest BCUT2D eigenvalue weighted by Crippen LogP contribution is -2.25. The van der Waals surface area contributed by atoms with Crippen molar-refractivity contribution in [3.63, 3.8) is 0 Å². The Morgan fingerprint density at radius 1 is 1.00 bits per heavy atom. The van der Waals surface area contributed by atoms with Gasteiger partial charge in [0.15, 0.2) is 0 Å². The number of carbonyl (C=O) groups is 1. The largest absolute Gasteiger partial charge is 0.467 e. The number of nitrogens with zero attached hydrogens (tertiary/aromatic N) is 1. The maximum atomic E-state index is 12.5. The fourth-order valence-electron chi connectivity index (χ4n) is 2.25. The van der Waals surface area contributed by atoms with Crippen LogP contribution < -0.4 is 4.74 Å². The Bertz CT molecular complexity index is 766. The van der Waals surface area contributed by atoms with Gasteiger partial charge in [-0.15, -0.1) is 0 Å². The van der Waals surface area contributed by atoms with Crippen LogP contribution in [0.2, 0.25) is 0 Å². The number of rotatable bonds is 5. The van der Waals surface area contributed by atoms with E-state index in [4.69, 9.17) is 9.15 Å². The molecule has 1 aromatic heterocycles. The zero-order valence-electron chi connectivity index (χ0n) is 12.8. The lowest BCUT2D eigenvalue weighted by atomic mass is 10.2. The van der Waals surface area contributed by atoms with E-state index in [-0.39, 0.29) is 5.91 Å². The van der Waals surface area contributed by atoms with Gasteiger partial charge in [-0.1, -0.05) is 24.3 Å². The zero-order chi connectivity index (χ0) is 16.1. The van der Waals surface area contributed by atoms with Crippen molar-refractivity contribution >= 4 is 5.91 Å². The number of furan rings is 1. The number of para-hydroxylation sites is 1. The van der Waals surface area contributed by atoms with Crippen LogP contribution in [-0.4, -0.2) is 17.9 Å². The number of carbonyl (C=O) groups excluding carboxylic acids is 1. The van der Waals surface area contributed by atoms with Gasteiger partial charge in [0, 0.05) is 12.6 Å². The molecular weight excluding hydrogens is 290 g/mol. The van der Waals surface area contributed by atoms with E-state index < -0.39 is 0 Å². The van der Waals surface area contributed by atoms with E-state index >= 15 is 0 Å². The van der Waals surface area contributed by atoms with Crippen LogP contribution in [0.15, 0.2) is 77.4 Å². The molecule has 0 aliphatic heterocycles. The van der Waals surface area contributed by atoms with Crippen molar-refractivity contribution in [2.75, 3.05) is 7.05 Å². The van der Waals surface area contributed by atoms with Crippen LogP contribution in [0.5, 0.6) is 11.5 Å². The summed E-state index contributed by atoms with van der Waals surface area (Å²) in [6.45, 7) is 0.426. The molecule has 0 spiro atoms. The molecule has 1 amide bonds. The minimum atomic E-state index is -0.0834. The molecule has 3 rings (SSSR count). The Morgan fingerprint density at radius 2 is 1.78 bits per heavy atom. The summed E-state index contributed by atoms with van der Waals surface area (Å²) in [5.74, 6) is 2.03. The van der Waals surface area contributed by atoms with Gasteiger partial charge in [-0.05, 0) is 42.5 Å². The second-order valence-electron chi connectivity index (χ2n) is 5.18. The van der Waals surface area contributed by atoms with E-state index in [1.54, 1.807) is 30.3 Å². The molecule has 4 heteroatoms. The van der Waals surface area contributed by atoms with Crippen molar-refractivity contribution in [1.29, 1.82) is 0 Å². The van der Waals surface area contributed by atoms with Crippen molar-refractivity contribution < 1.29 is 13.9 Å². The summed E-state index contributed by atoms with van der Waals surface area (Å²) in [6.07, 6.45) is 1.60. The molecule has 0 aliphatic rings. The molecule has 0 bridgehead atoms. The smallest absolute Gasteiger partial charge is 0.254 e. The fraction of sp³-hybridized carbons (Fsp3) is 0.105. The van der Waals surface area contributed by atoms with Crippen molar-refractivity contribution in [3.8, 4) is 11.5 Å². The Kier molecular flexibility index (Phi) is 4.43. The van der Waals surface area contributed by atoms with Gasteiger partial charge in [0.1, 0.15) is 17.3 Å². The molecule has 0 saturated carbocycles. The second kappa shape index (κ2) is 6.83. The topological polar surface area (TPSA) is 42.7 Å². The van der Waals surface area contributed by atoms with Gasteiger partial charge < -0.3 is 14.1 Å². The number of amides is 1. The lowest BCUT2D eigenvalue weighted by molar-refractivity contribution is 0.0775. The molecule has 0 radical (unpaired) electrons. The highest BCUT2D eigenvalue weighted by Gasteiger charge is 2.14. The molecule has 0 aliphatic carbocycles. The predicted octanol–water partition coefficient (Wildman–Crippen LogP) is 4.34. The van der Waals surface area contributed by atoms with Gasteiger partial charge in [-0.2, -0.15) is 0 Å². The summed E-state index contributed by atoms with van der Waals surface area (Å²) in [6, 6.07) is 20.3. The SMILES string of the molecule is CN(Cc1ccco1)C(=O)c1cccc(Oc2ccccc2)c1. The first kappa shape index (κ1) is 14.9. The van der Waals surface area contributed by atoms with Gasteiger partial charge >= 0.3 is 0 Å². The highest BCUT2D eigenvalue weighted by molar-refractivity contribution is 5.94. The molecule has 0 fully saturated rings. The fourth-order valence-corrected chi connectivity index (χ4v) is 2.25. The quantitative estimate of drug-likeness (QED) is 0.704. The molecule has 116 valence electrons. The maximum absolute atomic E-state index is 12.5. The van der Waals surface area contributed by atoms with Gasteiger partial charge in [0.2, 0.25) is 0 Å². The van der Waals surface area contributed by atoms with Gasteiger partial charge in [0.05, 0.1) is 12.8 Å². The number of benzene rings is 2. The summed E-state index contributed by atoms with van der Waals surface area (Å²) >= 11 is 0. The van der Waals surface area contributed by atoms with E-state index in [1.165, 1.54) is 0 Å². The first-order valence-electron chi connectivity index (χ1n) is 7.33. The first-order chi connectivity index (χ1) is 11.2. The minimum Gasteiger partial charge on any atom is -0.467 e. The van der Waals surface area contributed by atoms with Gasteiger partial charge in [0.25, 0.3) is 5.91 Å². The van der Waals surface area contributed by atoms with Crippen LogP contribution in [0.3, 0.4) is 0 Å². The average Bonchev–Trinajstić information content (AvgIpc) is 3.08. The first-order valence-corrected chi connectivity index (χ1v) is 7.33. The second-order valence-corrected chi connectivity index (χ2v) is 5.18. The van der Waals surface area contributed by atoms with Crippen molar-refractivity contribution in [2.24, 2.45) is 0 Å².